The monoisotopic (exact) mass is 209 g/mol. The first-order chi connectivity index (χ1) is 6.63. The first-order valence-corrected chi connectivity index (χ1v) is 4.99. The molecule has 0 fully saturated rings. The van der Waals surface area contributed by atoms with Crippen LogP contribution in [0.2, 0.25) is 5.15 Å². The summed E-state index contributed by atoms with van der Waals surface area (Å²) in [7, 11) is 1.91. The third-order valence-electron chi connectivity index (χ3n) is 2.38. The zero-order valence-electron chi connectivity index (χ0n) is 8.50. The Morgan fingerprint density at radius 2 is 2.14 bits per heavy atom. The molecule has 0 aromatic carbocycles. The molecule has 74 valence electrons. The lowest BCUT2D eigenvalue weighted by molar-refractivity contribution is 0.894. The highest BCUT2D eigenvalue weighted by Gasteiger charge is 2.09. The molecule has 0 bridgehead atoms. The number of halogens is 1. The first kappa shape index (κ1) is 9.46. The molecule has 0 N–H and O–H groups in total. The van der Waals surface area contributed by atoms with Crippen molar-refractivity contribution in [2.24, 2.45) is 7.05 Å². The van der Waals surface area contributed by atoms with Gasteiger partial charge in [-0.05, 0) is 13.0 Å². The number of hydrogen-bond acceptors (Lipinski definition) is 2. The minimum absolute atomic E-state index is 0.700. The Kier molecular flexibility index (Phi) is 2.19. The lowest BCUT2D eigenvalue weighted by Gasteiger charge is -2.01. The summed E-state index contributed by atoms with van der Waals surface area (Å²) in [5.74, 6) is 0.868. The van der Waals surface area contributed by atoms with E-state index < -0.39 is 0 Å². The number of aromatic nitrogens is 3. The number of fused-ring (bicyclic) bond motifs is 1. The van der Waals surface area contributed by atoms with Gasteiger partial charge in [-0.15, -0.1) is 0 Å². The molecular formula is C10H12ClN3. The molecule has 2 aromatic rings. The average Bonchev–Trinajstić information content (AvgIpc) is 2.45. The van der Waals surface area contributed by atoms with Crippen LogP contribution in [0.4, 0.5) is 0 Å². The van der Waals surface area contributed by atoms with E-state index in [1.165, 1.54) is 0 Å². The van der Waals surface area contributed by atoms with Crippen molar-refractivity contribution in [3.63, 3.8) is 0 Å². The van der Waals surface area contributed by atoms with E-state index in [9.17, 15) is 0 Å². The fourth-order valence-electron chi connectivity index (χ4n) is 1.52. The highest BCUT2D eigenvalue weighted by molar-refractivity contribution is 6.30. The minimum atomic E-state index is 0.700. The molecule has 3 nitrogen and oxygen atoms in total. The maximum atomic E-state index is 6.01. The van der Waals surface area contributed by atoms with Crippen LogP contribution in [0.5, 0.6) is 0 Å². The summed E-state index contributed by atoms with van der Waals surface area (Å²) >= 11 is 6.01. The van der Waals surface area contributed by atoms with Gasteiger partial charge in [-0.1, -0.05) is 18.5 Å². The summed E-state index contributed by atoms with van der Waals surface area (Å²) < 4.78 is 1.88. The molecule has 2 heterocycles. The second-order valence-electron chi connectivity index (χ2n) is 3.34. The summed E-state index contributed by atoms with van der Waals surface area (Å²) in [4.78, 5) is 8.83. The number of hydrogen-bond donors (Lipinski definition) is 0. The summed E-state index contributed by atoms with van der Waals surface area (Å²) in [6.07, 6.45) is 0.847. The Morgan fingerprint density at radius 1 is 1.43 bits per heavy atom. The molecule has 14 heavy (non-hydrogen) atoms. The van der Waals surface area contributed by atoms with Gasteiger partial charge in [0.05, 0.1) is 5.69 Å². The summed E-state index contributed by atoms with van der Waals surface area (Å²) in [5, 5.41) is 1.74. The molecule has 0 saturated heterocycles. The summed E-state index contributed by atoms with van der Waals surface area (Å²) in [5.41, 5.74) is 1.91. The zero-order valence-corrected chi connectivity index (χ0v) is 9.26. The van der Waals surface area contributed by atoms with Gasteiger partial charge in [-0.2, -0.15) is 0 Å². The molecule has 4 heteroatoms. The molecule has 0 aliphatic carbocycles. The van der Waals surface area contributed by atoms with Crippen LogP contribution in [0.25, 0.3) is 11.0 Å². The fraction of sp³-hybridized carbons (Fsp3) is 0.400. The van der Waals surface area contributed by atoms with Crippen molar-refractivity contribution in [3.05, 3.63) is 22.7 Å². The standard InChI is InChI=1S/C10H12ClN3/c1-4-9-12-6(2)7-5-8(11)14(3)10(7)13-9/h5H,4H2,1-3H3. The highest BCUT2D eigenvalue weighted by atomic mass is 35.5. The summed E-state index contributed by atoms with van der Waals surface area (Å²) in [6.45, 7) is 4.03. The average molecular weight is 210 g/mol. The van der Waals surface area contributed by atoms with Crippen LogP contribution in [0.1, 0.15) is 18.4 Å². The topological polar surface area (TPSA) is 30.7 Å². The smallest absolute Gasteiger partial charge is 0.144 e. The van der Waals surface area contributed by atoms with Crippen LogP contribution in [0, 0.1) is 6.92 Å². The van der Waals surface area contributed by atoms with E-state index in [0.29, 0.717) is 5.15 Å². The fourth-order valence-corrected chi connectivity index (χ4v) is 1.71. The van der Waals surface area contributed by atoms with Crippen LogP contribution >= 0.6 is 11.6 Å². The van der Waals surface area contributed by atoms with Gasteiger partial charge in [0.1, 0.15) is 16.6 Å². The third kappa shape index (κ3) is 1.28. The molecule has 0 saturated carbocycles. The van der Waals surface area contributed by atoms with Crippen molar-refractivity contribution in [1.29, 1.82) is 0 Å². The minimum Gasteiger partial charge on any atom is -0.319 e. The molecule has 0 aliphatic heterocycles. The lowest BCUT2D eigenvalue weighted by Crippen LogP contribution is -1.98. The van der Waals surface area contributed by atoms with Gasteiger partial charge >= 0.3 is 0 Å². The maximum Gasteiger partial charge on any atom is 0.144 e. The first-order valence-electron chi connectivity index (χ1n) is 4.62. The van der Waals surface area contributed by atoms with Gasteiger partial charge in [-0.3, -0.25) is 0 Å². The van der Waals surface area contributed by atoms with E-state index in [1.54, 1.807) is 0 Å². The van der Waals surface area contributed by atoms with E-state index in [4.69, 9.17) is 11.6 Å². The van der Waals surface area contributed by atoms with Gasteiger partial charge in [0, 0.05) is 18.9 Å². The third-order valence-corrected chi connectivity index (χ3v) is 2.74. The normalized spacial score (nSPS) is 11.1. The van der Waals surface area contributed by atoms with Gasteiger partial charge < -0.3 is 4.57 Å². The van der Waals surface area contributed by atoms with Crippen LogP contribution in [0.15, 0.2) is 6.07 Å². The Balaban J connectivity index is 2.83. The molecule has 0 unspecified atom stereocenters. The number of nitrogens with zero attached hydrogens (tertiary/aromatic N) is 3. The van der Waals surface area contributed by atoms with Crippen molar-refractivity contribution in [1.82, 2.24) is 14.5 Å². The second-order valence-corrected chi connectivity index (χ2v) is 3.73. The Labute approximate surface area is 87.7 Å². The maximum absolute atomic E-state index is 6.01. The Morgan fingerprint density at radius 3 is 2.79 bits per heavy atom. The van der Waals surface area contributed by atoms with Crippen molar-refractivity contribution >= 4 is 22.6 Å². The second kappa shape index (κ2) is 3.24. The van der Waals surface area contributed by atoms with Gasteiger partial charge in [0.25, 0.3) is 0 Å². The largest absolute Gasteiger partial charge is 0.319 e. The molecule has 0 spiro atoms. The van der Waals surface area contributed by atoms with Crippen LogP contribution in [-0.4, -0.2) is 14.5 Å². The zero-order chi connectivity index (χ0) is 10.3. The molecular weight excluding hydrogens is 198 g/mol. The molecule has 0 radical (unpaired) electrons. The van der Waals surface area contributed by atoms with E-state index in [-0.39, 0.29) is 0 Å². The molecule has 2 aromatic heterocycles. The Bertz CT molecular complexity index is 488. The number of aryl methyl sites for hydroxylation is 3. The van der Waals surface area contributed by atoms with E-state index in [1.807, 2.05) is 31.5 Å². The quantitative estimate of drug-likeness (QED) is 0.723. The summed E-state index contributed by atoms with van der Waals surface area (Å²) in [6, 6.07) is 1.91. The SMILES string of the molecule is CCc1nc(C)c2cc(Cl)n(C)c2n1. The molecule has 0 aliphatic rings. The van der Waals surface area contributed by atoms with Gasteiger partial charge in [-0.25, -0.2) is 9.97 Å². The molecule has 0 atom stereocenters. The van der Waals surface area contributed by atoms with E-state index >= 15 is 0 Å². The van der Waals surface area contributed by atoms with Crippen molar-refractivity contribution in [3.8, 4) is 0 Å². The van der Waals surface area contributed by atoms with Crippen LogP contribution in [-0.2, 0) is 13.5 Å². The predicted molar refractivity (Wildman–Crippen MR) is 57.6 cm³/mol. The lowest BCUT2D eigenvalue weighted by atomic mass is 10.3. The Hall–Kier alpha value is -1.09. The number of rotatable bonds is 1. The van der Waals surface area contributed by atoms with Crippen molar-refractivity contribution < 1.29 is 0 Å². The highest BCUT2D eigenvalue weighted by Crippen LogP contribution is 2.22. The van der Waals surface area contributed by atoms with E-state index in [0.717, 1.165) is 29.0 Å². The van der Waals surface area contributed by atoms with Gasteiger partial charge in [0.2, 0.25) is 0 Å². The molecule has 2 rings (SSSR count). The van der Waals surface area contributed by atoms with Crippen molar-refractivity contribution in [2.45, 2.75) is 20.3 Å². The van der Waals surface area contributed by atoms with Crippen LogP contribution < -0.4 is 0 Å². The van der Waals surface area contributed by atoms with Gasteiger partial charge in [0.15, 0.2) is 0 Å². The van der Waals surface area contributed by atoms with E-state index in [2.05, 4.69) is 9.97 Å². The predicted octanol–water partition coefficient (Wildman–Crippen LogP) is 2.49. The van der Waals surface area contributed by atoms with Crippen molar-refractivity contribution in [2.75, 3.05) is 0 Å². The molecule has 0 amide bonds. The van der Waals surface area contributed by atoms with Crippen LogP contribution in [0.3, 0.4) is 0 Å².